The predicted octanol–water partition coefficient (Wildman–Crippen LogP) is 3.10. The highest BCUT2D eigenvalue weighted by molar-refractivity contribution is 5.80. The lowest BCUT2D eigenvalue weighted by Gasteiger charge is -2.08. The first-order chi connectivity index (χ1) is 11.0. The Kier molecular flexibility index (Phi) is 16.0. The quantitative estimate of drug-likeness (QED) is 0.383. The van der Waals surface area contributed by atoms with Crippen molar-refractivity contribution in [2.45, 2.75) is 47.0 Å². The van der Waals surface area contributed by atoms with Crippen LogP contribution in [0.2, 0.25) is 0 Å². The standard InChI is InChI=1S/C18H36O5/c1-16(2)7-9-21-11-13-23-15-14-22-12-10-20-8-5-6-18(19)17(3)4/h16-17H,5-15H2,1-4H3. The highest BCUT2D eigenvalue weighted by Gasteiger charge is 2.05. The molecule has 0 amide bonds. The van der Waals surface area contributed by atoms with Gasteiger partial charge in [-0.1, -0.05) is 27.7 Å². The Balaban J connectivity index is 3.07. The van der Waals surface area contributed by atoms with Gasteiger partial charge in [-0.05, 0) is 18.8 Å². The number of rotatable bonds is 17. The van der Waals surface area contributed by atoms with Crippen LogP contribution >= 0.6 is 0 Å². The van der Waals surface area contributed by atoms with E-state index >= 15 is 0 Å². The molecule has 0 saturated carbocycles. The average Bonchev–Trinajstić information content (AvgIpc) is 2.50. The molecule has 0 atom stereocenters. The number of carbonyl (C=O) groups excluding carboxylic acids is 1. The molecule has 0 fully saturated rings. The predicted molar refractivity (Wildman–Crippen MR) is 91.8 cm³/mol. The fourth-order valence-electron chi connectivity index (χ4n) is 1.72. The van der Waals surface area contributed by atoms with Crippen molar-refractivity contribution in [3.63, 3.8) is 0 Å². The summed E-state index contributed by atoms with van der Waals surface area (Å²) in [7, 11) is 0. The summed E-state index contributed by atoms with van der Waals surface area (Å²) in [6.07, 6.45) is 2.48. The molecule has 0 radical (unpaired) electrons. The Bertz CT molecular complexity index is 266. The third-order valence-corrected chi connectivity index (χ3v) is 3.31. The van der Waals surface area contributed by atoms with Crippen LogP contribution < -0.4 is 0 Å². The molecule has 0 aromatic carbocycles. The lowest BCUT2D eigenvalue weighted by molar-refractivity contribution is -0.122. The summed E-state index contributed by atoms with van der Waals surface area (Å²) in [4.78, 5) is 11.4. The second-order valence-electron chi connectivity index (χ2n) is 6.36. The highest BCUT2D eigenvalue weighted by atomic mass is 16.6. The summed E-state index contributed by atoms with van der Waals surface area (Å²) in [5.74, 6) is 1.11. The van der Waals surface area contributed by atoms with E-state index in [9.17, 15) is 4.79 Å². The van der Waals surface area contributed by atoms with Crippen molar-refractivity contribution >= 4 is 5.78 Å². The van der Waals surface area contributed by atoms with Gasteiger partial charge in [-0.15, -0.1) is 0 Å². The molecule has 0 rings (SSSR count). The Hall–Kier alpha value is -0.490. The maximum absolute atomic E-state index is 11.4. The topological polar surface area (TPSA) is 54.0 Å². The van der Waals surface area contributed by atoms with Gasteiger partial charge in [0.05, 0.1) is 39.6 Å². The fourth-order valence-corrected chi connectivity index (χ4v) is 1.72. The molecule has 0 heterocycles. The van der Waals surface area contributed by atoms with E-state index in [0.717, 1.165) is 19.4 Å². The van der Waals surface area contributed by atoms with E-state index in [4.69, 9.17) is 18.9 Å². The third kappa shape index (κ3) is 17.7. The van der Waals surface area contributed by atoms with Gasteiger partial charge in [0.15, 0.2) is 0 Å². The van der Waals surface area contributed by atoms with Crippen molar-refractivity contribution < 1.29 is 23.7 Å². The first-order valence-corrected chi connectivity index (χ1v) is 8.87. The molecule has 5 nitrogen and oxygen atoms in total. The zero-order valence-corrected chi connectivity index (χ0v) is 15.5. The molecule has 0 spiro atoms. The molecule has 23 heavy (non-hydrogen) atoms. The Labute approximate surface area is 142 Å². The maximum Gasteiger partial charge on any atom is 0.135 e. The van der Waals surface area contributed by atoms with E-state index in [1.807, 2.05) is 13.8 Å². The smallest absolute Gasteiger partial charge is 0.135 e. The van der Waals surface area contributed by atoms with Gasteiger partial charge in [0.1, 0.15) is 5.78 Å². The Morgan fingerprint density at radius 2 is 1.13 bits per heavy atom. The molecule has 0 saturated heterocycles. The van der Waals surface area contributed by atoms with E-state index < -0.39 is 0 Å². The molecule has 0 aromatic heterocycles. The van der Waals surface area contributed by atoms with Crippen LogP contribution in [-0.4, -0.2) is 58.6 Å². The minimum atomic E-state index is 0.124. The molecule has 138 valence electrons. The number of hydrogen-bond acceptors (Lipinski definition) is 5. The van der Waals surface area contributed by atoms with E-state index in [-0.39, 0.29) is 5.92 Å². The van der Waals surface area contributed by atoms with Gasteiger partial charge in [0.25, 0.3) is 0 Å². The number of carbonyl (C=O) groups is 1. The van der Waals surface area contributed by atoms with Gasteiger partial charge in [0, 0.05) is 25.6 Å². The van der Waals surface area contributed by atoms with Gasteiger partial charge < -0.3 is 18.9 Å². The zero-order chi connectivity index (χ0) is 17.3. The minimum Gasteiger partial charge on any atom is -0.379 e. The van der Waals surface area contributed by atoms with Crippen molar-refractivity contribution in [3.05, 3.63) is 0 Å². The summed E-state index contributed by atoms with van der Waals surface area (Å²) >= 11 is 0. The maximum atomic E-state index is 11.4. The molecule has 0 unspecified atom stereocenters. The molecular weight excluding hydrogens is 296 g/mol. The lowest BCUT2D eigenvalue weighted by Crippen LogP contribution is -2.13. The van der Waals surface area contributed by atoms with Crippen LogP contribution in [0.3, 0.4) is 0 Å². The van der Waals surface area contributed by atoms with Gasteiger partial charge in [-0.2, -0.15) is 0 Å². The van der Waals surface area contributed by atoms with Crippen LogP contribution in [0.1, 0.15) is 47.0 Å². The number of hydrogen-bond donors (Lipinski definition) is 0. The van der Waals surface area contributed by atoms with E-state index in [1.54, 1.807) is 0 Å². The van der Waals surface area contributed by atoms with Gasteiger partial charge in [0.2, 0.25) is 0 Å². The van der Waals surface area contributed by atoms with Crippen molar-refractivity contribution in [3.8, 4) is 0 Å². The summed E-state index contributed by atoms with van der Waals surface area (Å²) in [5, 5.41) is 0. The average molecular weight is 332 g/mol. The summed E-state index contributed by atoms with van der Waals surface area (Å²) in [6, 6.07) is 0. The molecule has 0 aliphatic carbocycles. The van der Waals surface area contributed by atoms with Crippen LogP contribution in [0, 0.1) is 11.8 Å². The van der Waals surface area contributed by atoms with Gasteiger partial charge in [-0.25, -0.2) is 0 Å². The normalized spacial score (nSPS) is 11.6. The van der Waals surface area contributed by atoms with E-state index in [1.165, 1.54) is 0 Å². The fraction of sp³-hybridized carbons (Fsp3) is 0.944. The van der Waals surface area contributed by atoms with E-state index in [2.05, 4.69) is 13.8 Å². The molecule has 0 aliphatic rings. The van der Waals surface area contributed by atoms with Crippen LogP contribution in [-0.2, 0) is 23.7 Å². The van der Waals surface area contributed by atoms with Crippen LogP contribution in [0.4, 0.5) is 0 Å². The van der Waals surface area contributed by atoms with Crippen LogP contribution in [0.25, 0.3) is 0 Å². The molecule has 0 aromatic rings. The monoisotopic (exact) mass is 332 g/mol. The van der Waals surface area contributed by atoms with Crippen molar-refractivity contribution in [1.29, 1.82) is 0 Å². The second-order valence-corrected chi connectivity index (χ2v) is 6.36. The first kappa shape index (κ1) is 22.5. The molecule has 0 bridgehead atoms. The summed E-state index contributed by atoms with van der Waals surface area (Å²) < 4.78 is 21.7. The van der Waals surface area contributed by atoms with E-state index in [0.29, 0.717) is 64.4 Å². The van der Waals surface area contributed by atoms with Crippen LogP contribution in [0.15, 0.2) is 0 Å². The van der Waals surface area contributed by atoms with Gasteiger partial charge in [-0.3, -0.25) is 4.79 Å². The Morgan fingerprint density at radius 3 is 1.57 bits per heavy atom. The number of Topliss-reactive ketones (excluding diaryl/α,β-unsaturated/α-hetero) is 1. The molecular formula is C18H36O5. The third-order valence-electron chi connectivity index (χ3n) is 3.31. The number of ketones is 1. The lowest BCUT2D eigenvalue weighted by atomic mass is 10.1. The minimum absolute atomic E-state index is 0.124. The van der Waals surface area contributed by atoms with Crippen LogP contribution in [0.5, 0.6) is 0 Å². The Morgan fingerprint density at radius 1 is 0.696 bits per heavy atom. The number of ether oxygens (including phenoxy) is 4. The molecule has 0 N–H and O–H groups in total. The highest BCUT2D eigenvalue weighted by Crippen LogP contribution is 2.01. The SMILES string of the molecule is CC(C)CCOCCOCCOCCOCCCC(=O)C(C)C. The largest absolute Gasteiger partial charge is 0.379 e. The zero-order valence-electron chi connectivity index (χ0n) is 15.5. The molecule has 5 heteroatoms. The van der Waals surface area contributed by atoms with Crippen molar-refractivity contribution in [2.75, 3.05) is 52.9 Å². The van der Waals surface area contributed by atoms with Crippen molar-refractivity contribution in [1.82, 2.24) is 0 Å². The first-order valence-electron chi connectivity index (χ1n) is 8.87. The second kappa shape index (κ2) is 16.4. The summed E-state index contributed by atoms with van der Waals surface area (Å²) in [5.41, 5.74) is 0. The summed E-state index contributed by atoms with van der Waals surface area (Å²) in [6.45, 7) is 13.2. The van der Waals surface area contributed by atoms with Crippen molar-refractivity contribution in [2.24, 2.45) is 11.8 Å². The van der Waals surface area contributed by atoms with Gasteiger partial charge >= 0.3 is 0 Å². The molecule has 0 aliphatic heterocycles.